The zero-order valence-electron chi connectivity index (χ0n) is 10.1. The van der Waals surface area contributed by atoms with Gasteiger partial charge in [-0.15, -0.1) is 12.4 Å². The topological polar surface area (TPSA) is 41.1 Å². The van der Waals surface area contributed by atoms with Crippen molar-refractivity contribution < 1.29 is 4.79 Å². The SMILES string of the molecule is CCC1(CNC(=O)CC2CCNC2)CC1.Cl. The molecule has 94 valence electrons. The quantitative estimate of drug-likeness (QED) is 0.776. The van der Waals surface area contributed by atoms with Gasteiger partial charge in [0.2, 0.25) is 5.91 Å². The number of rotatable bonds is 5. The van der Waals surface area contributed by atoms with Crippen molar-refractivity contribution in [3.05, 3.63) is 0 Å². The van der Waals surface area contributed by atoms with Gasteiger partial charge in [0.15, 0.2) is 0 Å². The van der Waals surface area contributed by atoms with E-state index in [-0.39, 0.29) is 18.3 Å². The third-order valence-electron chi connectivity index (χ3n) is 4.00. The zero-order valence-corrected chi connectivity index (χ0v) is 10.9. The first-order chi connectivity index (χ1) is 7.24. The summed E-state index contributed by atoms with van der Waals surface area (Å²) in [6.07, 6.45) is 5.68. The first-order valence-corrected chi connectivity index (χ1v) is 6.21. The van der Waals surface area contributed by atoms with E-state index in [4.69, 9.17) is 0 Å². The lowest BCUT2D eigenvalue weighted by molar-refractivity contribution is -0.122. The second kappa shape index (κ2) is 5.87. The van der Waals surface area contributed by atoms with Crippen LogP contribution in [0.2, 0.25) is 0 Å². The predicted molar refractivity (Wildman–Crippen MR) is 67.8 cm³/mol. The molecule has 0 aromatic heterocycles. The highest BCUT2D eigenvalue weighted by atomic mass is 35.5. The molecule has 1 atom stereocenters. The third-order valence-corrected chi connectivity index (χ3v) is 4.00. The Kier molecular flexibility index (Phi) is 5.06. The molecule has 4 heteroatoms. The third kappa shape index (κ3) is 3.63. The lowest BCUT2D eigenvalue weighted by Gasteiger charge is -2.14. The fourth-order valence-corrected chi connectivity index (χ4v) is 2.34. The van der Waals surface area contributed by atoms with E-state index in [1.165, 1.54) is 19.3 Å². The Morgan fingerprint density at radius 1 is 1.50 bits per heavy atom. The van der Waals surface area contributed by atoms with E-state index in [0.29, 0.717) is 17.8 Å². The average molecular weight is 247 g/mol. The van der Waals surface area contributed by atoms with Crippen LogP contribution in [0, 0.1) is 11.3 Å². The van der Waals surface area contributed by atoms with Gasteiger partial charge in [0, 0.05) is 13.0 Å². The number of nitrogens with one attached hydrogen (secondary N) is 2. The summed E-state index contributed by atoms with van der Waals surface area (Å²) in [6, 6.07) is 0. The Bertz CT molecular complexity index is 235. The monoisotopic (exact) mass is 246 g/mol. The minimum atomic E-state index is 0. The number of amides is 1. The molecule has 2 fully saturated rings. The van der Waals surface area contributed by atoms with Crippen LogP contribution in [0.25, 0.3) is 0 Å². The van der Waals surface area contributed by atoms with Gasteiger partial charge in [0.05, 0.1) is 0 Å². The maximum Gasteiger partial charge on any atom is 0.220 e. The molecule has 2 N–H and O–H groups in total. The molecule has 1 saturated heterocycles. The molecule has 1 aliphatic heterocycles. The Hall–Kier alpha value is -0.280. The summed E-state index contributed by atoms with van der Waals surface area (Å²) in [5.74, 6) is 0.824. The van der Waals surface area contributed by atoms with Gasteiger partial charge < -0.3 is 10.6 Å². The Balaban J connectivity index is 0.00000128. The van der Waals surface area contributed by atoms with Crippen LogP contribution in [0.1, 0.15) is 39.0 Å². The van der Waals surface area contributed by atoms with Crippen LogP contribution in [0.4, 0.5) is 0 Å². The van der Waals surface area contributed by atoms with Crippen molar-refractivity contribution in [1.82, 2.24) is 10.6 Å². The molecule has 0 spiro atoms. The first kappa shape index (κ1) is 13.8. The van der Waals surface area contributed by atoms with E-state index in [2.05, 4.69) is 17.6 Å². The van der Waals surface area contributed by atoms with Gasteiger partial charge in [-0.3, -0.25) is 4.79 Å². The summed E-state index contributed by atoms with van der Waals surface area (Å²) >= 11 is 0. The standard InChI is InChI=1S/C12H22N2O.ClH/c1-2-12(4-5-12)9-14-11(15)7-10-3-6-13-8-10;/h10,13H,2-9H2,1H3,(H,14,15);1H. The van der Waals surface area contributed by atoms with Gasteiger partial charge in [-0.05, 0) is 50.1 Å². The van der Waals surface area contributed by atoms with Crippen molar-refractivity contribution in [2.75, 3.05) is 19.6 Å². The molecule has 1 saturated carbocycles. The summed E-state index contributed by atoms with van der Waals surface area (Å²) in [5.41, 5.74) is 0.476. The summed E-state index contributed by atoms with van der Waals surface area (Å²) in [5, 5.41) is 6.39. The van der Waals surface area contributed by atoms with Crippen LogP contribution in [0.5, 0.6) is 0 Å². The second-order valence-corrected chi connectivity index (χ2v) is 5.19. The minimum absolute atomic E-state index is 0. The number of carbonyl (C=O) groups excluding carboxylic acids is 1. The van der Waals surface area contributed by atoms with E-state index in [0.717, 1.165) is 26.1 Å². The second-order valence-electron chi connectivity index (χ2n) is 5.19. The molecule has 1 heterocycles. The van der Waals surface area contributed by atoms with E-state index in [1.54, 1.807) is 0 Å². The van der Waals surface area contributed by atoms with Crippen molar-refractivity contribution in [2.45, 2.75) is 39.0 Å². The van der Waals surface area contributed by atoms with Crippen LogP contribution in [0.15, 0.2) is 0 Å². The lowest BCUT2D eigenvalue weighted by atomic mass is 10.0. The molecule has 0 radical (unpaired) electrons. The highest BCUT2D eigenvalue weighted by Crippen LogP contribution is 2.47. The highest BCUT2D eigenvalue weighted by molar-refractivity contribution is 5.85. The highest BCUT2D eigenvalue weighted by Gasteiger charge is 2.40. The van der Waals surface area contributed by atoms with Crippen molar-refractivity contribution in [3.63, 3.8) is 0 Å². The fraction of sp³-hybridized carbons (Fsp3) is 0.917. The van der Waals surface area contributed by atoms with E-state index >= 15 is 0 Å². The maximum absolute atomic E-state index is 11.7. The number of halogens is 1. The van der Waals surface area contributed by atoms with Crippen molar-refractivity contribution in [2.24, 2.45) is 11.3 Å². The molecular formula is C12H23ClN2O. The van der Waals surface area contributed by atoms with Gasteiger partial charge in [-0.1, -0.05) is 6.92 Å². The van der Waals surface area contributed by atoms with E-state index in [9.17, 15) is 4.79 Å². The molecule has 3 nitrogen and oxygen atoms in total. The normalized spacial score (nSPS) is 25.9. The molecular weight excluding hydrogens is 224 g/mol. The molecule has 0 aromatic rings. The number of hydrogen-bond acceptors (Lipinski definition) is 2. The molecule has 1 unspecified atom stereocenters. The molecule has 1 amide bonds. The van der Waals surface area contributed by atoms with Crippen molar-refractivity contribution >= 4 is 18.3 Å². The van der Waals surface area contributed by atoms with Crippen LogP contribution in [-0.4, -0.2) is 25.5 Å². The van der Waals surface area contributed by atoms with Crippen LogP contribution < -0.4 is 10.6 Å². The summed E-state index contributed by atoms with van der Waals surface area (Å²) in [4.78, 5) is 11.7. The molecule has 16 heavy (non-hydrogen) atoms. The predicted octanol–water partition coefficient (Wildman–Crippen LogP) is 1.71. The zero-order chi connectivity index (χ0) is 10.7. The Morgan fingerprint density at radius 2 is 2.25 bits per heavy atom. The molecule has 2 aliphatic rings. The first-order valence-electron chi connectivity index (χ1n) is 6.21. The average Bonchev–Trinajstić information content (AvgIpc) is 2.86. The summed E-state index contributed by atoms with van der Waals surface area (Å²) in [6.45, 7) is 5.23. The lowest BCUT2D eigenvalue weighted by Crippen LogP contribution is -2.31. The van der Waals surface area contributed by atoms with Crippen LogP contribution >= 0.6 is 12.4 Å². The van der Waals surface area contributed by atoms with E-state index in [1.807, 2.05) is 0 Å². The largest absolute Gasteiger partial charge is 0.356 e. The minimum Gasteiger partial charge on any atom is -0.356 e. The molecule has 1 aliphatic carbocycles. The van der Waals surface area contributed by atoms with E-state index < -0.39 is 0 Å². The van der Waals surface area contributed by atoms with Crippen LogP contribution in [0.3, 0.4) is 0 Å². The molecule has 0 aromatic carbocycles. The van der Waals surface area contributed by atoms with Gasteiger partial charge in [-0.25, -0.2) is 0 Å². The van der Waals surface area contributed by atoms with Gasteiger partial charge >= 0.3 is 0 Å². The molecule has 2 rings (SSSR count). The van der Waals surface area contributed by atoms with Gasteiger partial charge in [0.25, 0.3) is 0 Å². The smallest absolute Gasteiger partial charge is 0.220 e. The van der Waals surface area contributed by atoms with Crippen LogP contribution in [-0.2, 0) is 4.79 Å². The number of hydrogen-bond donors (Lipinski definition) is 2. The number of carbonyl (C=O) groups is 1. The Labute approximate surface area is 104 Å². The summed E-state index contributed by atoms with van der Waals surface area (Å²) < 4.78 is 0. The fourth-order valence-electron chi connectivity index (χ4n) is 2.34. The van der Waals surface area contributed by atoms with Crippen molar-refractivity contribution in [3.8, 4) is 0 Å². The van der Waals surface area contributed by atoms with Gasteiger partial charge in [-0.2, -0.15) is 0 Å². The maximum atomic E-state index is 11.7. The Morgan fingerprint density at radius 3 is 2.75 bits per heavy atom. The van der Waals surface area contributed by atoms with Crippen molar-refractivity contribution in [1.29, 1.82) is 0 Å². The van der Waals surface area contributed by atoms with Gasteiger partial charge in [0.1, 0.15) is 0 Å². The summed E-state index contributed by atoms with van der Waals surface area (Å²) in [7, 11) is 0. The molecule has 0 bridgehead atoms.